The number of ether oxygens (including phenoxy) is 1. The summed E-state index contributed by atoms with van der Waals surface area (Å²) in [4.78, 5) is 24.7. The molecule has 1 fully saturated rings. The SMILES string of the molecule is Cc1nc(OCCO)c2cc(N3C(=S)N(c4ccc(C#N)c(C(F)(F)F)c4)C(=O)C3(C)C)ccc2n1. The van der Waals surface area contributed by atoms with E-state index in [0.717, 1.165) is 17.0 Å². The molecule has 8 nitrogen and oxygen atoms in total. The Morgan fingerprint density at radius 1 is 1.17 bits per heavy atom. The molecule has 1 aromatic heterocycles. The highest BCUT2D eigenvalue weighted by Gasteiger charge is 2.50. The third kappa shape index (κ3) is 4.20. The summed E-state index contributed by atoms with van der Waals surface area (Å²) in [6, 6.07) is 9.61. The third-order valence-corrected chi connectivity index (χ3v) is 6.06. The maximum Gasteiger partial charge on any atom is 0.417 e. The van der Waals surface area contributed by atoms with Gasteiger partial charge < -0.3 is 14.7 Å². The number of aromatic nitrogens is 2. The molecule has 2 heterocycles. The Bertz CT molecular complexity index is 1430. The summed E-state index contributed by atoms with van der Waals surface area (Å²) in [6.07, 6.45) is -4.79. The van der Waals surface area contributed by atoms with Gasteiger partial charge in [0.1, 0.15) is 18.0 Å². The van der Waals surface area contributed by atoms with Gasteiger partial charge in [-0.05, 0) is 69.4 Å². The van der Waals surface area contributed by atoms with Crippen molar-refractivity contribution in [2.75, 3.05) is 23.0 Å². The number of thiocarbonyl (C=S) groups is 1. The fourth-order valence-electron chi connectivity index (χ4n) is 4.05. The molecule has 186 valence electrons. The van der Waals surface area contributed by atoms with Crippen LogP contribution in [0.25, 0.3) is 10.9 Å². The van der Waals surface area contributed by atoms with Crippen molar-refractivity contribution >= 4 is 45.5 Å². The molecule has 4 rings (SSSR count). The van der Waals surface area contributed by atoms with E-state index < -0.39 is 28.7 Å². The van der Waals surface area contributed by atoms with Gasteiger partial charge in [0.15, 0.2) is 5.11 Å². The van der Waals surface area contributed by atoms with Gasteiger partial charge in [0, 0.05) is 5.69 Å². The number of hydrogen-bond donors (Lipinski definition) is 1. The highest BCUT2D eigenvalue weighted by molar-refractivity contribution is 7.81. The number of nitrogens with zero attached hydrogens (tertiary/aromatic N) is 5. The minimum atomic E-state index is -4.79. The van der Waals surface area contributed by atoms with Crippen LogP contribution in [-0.4, -0.2) is 44.8 Å². The number of anilines is 2. The van der Waals surface area contributed by atoms with Gasteiger partial charge in [0.05, 0.1) is 40.4 Å². The predicted octanol–water partition coefficient (Wildman–Crippen LogP) is 4.12. The van der Waals surface area contributed by atoms with Gasteiger partial charge in [0.2, 0.25) is 5.88 Å². The number of hydrogen-bond acceptors (Lipinski definition) is 7. The Balaban J connectivity index is 1.82. The van der Waals surface area contributed by atoms with Crippen LogP contribution in [0.15, 0.2) is 36.4 Å². The summed E-state index contributed by atoms with van der Waals surface area (Å²) < 4.78 is 46.2. The molecule has 2 aromatic carbocycles. The van der Waals surface area contributed by atoms with Gasteiger partial charge in [-0.15, -0.1) is 0 Å². The highest BCUT2D eigenvalue weighted by atomic mass is 32.1. The standard InChI is InChI=1S/C24H20F3N5O3S/c1-13-29-19-7-6-16(10-17(19)20(30-13)35-9-8-33)32-22(36)31(21(34)23(32,2)3)15-5-4-14(12-28)18(11-15)24(25,26)27/h4-7,10-11,33H,8-9H2,1-3H3. The number of amides is 1. The lowest BCUT2D eigenvalue weighted by molar-refractivity contribution is -0.137. The van der Waals surface area contributed by atoms with Crippen LogP contribution in [0.1, 0.15) is 30.8 Å². The molecule has 0 radical (unpaired) electrons. The number of fused-ring (bicyclic) bond motifs is 1. The van der Waals surface area contributed by atoms with Crippen LogP contribution in [-0.2, 0) is 11.0 Å². The average Bonchev–Trinajstić information content (AvgIpc) is 2.99. The second-order valence-corrected chi connectivity index (χ2v) is 8.87. The second-order valence-electron chi connectivity index (χ2n) is 8.51. The number of aliphatic hydroxyl groups excluding tert-OH is 1. The van der Waals surface area contributed by atoms with E-state index in [0.29, 0.717) is 22.4 Å². The van der Waals surface area contributed by atoms with Gasteiger partial charge in [-0.1, -0.05) is 0 Å². The van der Waals surface area contributed by atoms with E-state index >= 15 is 0 Å². The first kappa shape index (κ1) is 25.3. The summed E-state index contributed by atoms with van der Waals surface area (Å²) in [7, 11) is 0. The largest absolute Gasteiger partial charge is 0.475 e. The Morgan fingerprint density at radius 3 is 2.50 bits per heavy atom. The quantitative estimate of drug-likeness (QED) is 0.507. The lowest BCUT2D eigenvalue weighted by atomic mass is 10.0. The molecule has 3 aromatic rings. The number of rotatable bonds is 5. The van der Waals surface area contributed by atoms with Crippen molar-refractivity contribution in [2.24, 2.45) is 0 Å². The molecule has 1 N–H and O–H groups in total. The number of aryl methyl sites for hydroxylation is 1. The van der Waals surface area contributed by atoms with E-state index in [-0.39, 0.29) is 29.9 Å². The number of halogens is 3. The third-order valence-electron chi connectivity index (χ3n) is 5.70. The maximum absolute atomic E-state index is 13.6. The highest BCUT2D eigenvalue weighted by Crippen LogP contribution is 2.40. The Kier molecular flexibility index (Phi) is 6.32. The molecular formula is C24H20F3N5O3S. The number of carbonyl (C=O) groups is 1. The molecule has 1 saturated heterocycles. The molecule has 12 heteroatoms. The van der Waals surface area contributed by atoms with E-state index in [2.05, 4.69) is 9.97 Å². The van der Waals surface area contributed by atoms with Crippen LogP contribution >= 0.6 is 12.2 Å². The molecule has 1 aliphatic heterocycles. The van der Waals surface area contributed by atoms with E-state index in [1.54, 1.807) is 39.0 Å². The van der Waals surface area contributed by atoms with Crippen molar-refractivity contribution in [3.63, 3.8) is 0 Å². The van der Waals surface area contributed by atoms with E-state index in [1.807, 2.05) is 0 Å². The molecule has 36 heavy (non-hydrogen) atoms. The van der Waals surface area contributed by atoms with Crippen LogP contribution in [0.4, 0.5) is 24.5 Å². The van der Waals surface area contributed by atoms with Crippen molar-refractivity contribution < 1.29 is 27.8 Å². The lowest BCUT2D eigenvalue weighted by Crippen LogP contribution is -2.44. The predicted molar refractivity (Wildman–Crippen MR) is 130 cm³/mol. The van der Waals surface area contributed by atoms with Gasteiger partial charge >= 0.3 is 6.18 Å². The number of carbonyl (C=O) groups excluding carboxylic acids is 1. The van der Waals surface area contributed by atoms with Gasteiger partial charge in [-0.2, -0.15) is 23.4 Å². The first-order valence-corrected chi connectivity index (χ1v) is 11.1. The number of aliphatic hydroxyl groups is 1. The maximum atomic E-state index is 13.6. The van der Waals surface area contributed by atoms with Crippen LogP contribution in [0.3, 0.4) is 0 Å². The Hall–Kier alpha value is -3.82. The minimum Gasteiger partial charge on any atom is -0.475 e. The molecule has 0 atom stereocenters. The Morgan fingerprint density at radius 2 is 1.86 bits per heavy atom. The zero-order chi connectivity index (χ0) is 26.4. The Labute approximate surface area is 209 Å². The first-order chi connectivity index (χ1) is 16.9. The molecule has 1 amide bonds. The normalized spacial score (nSPS) is 15.5. The van der Waals surface area contributed by atoms with Gasteiger partial charge in [-0.3, -0.25) is 9.69 Å². The van der Waals surface area contributed by atoms with Crippen molar-refractivity contribution in [1.29, 1.82) is 5.26 Å². The second kappa shape index (κ2) is 9.00. The molecule has 0 bridgehead atoms. The van der Waals surface area contributed by atoms with Crippen LogP contribution in [0.5, 0.6) is 5.88 Å². The monoisotopic (exact) mass is 515 g/mol. The van der Waals surface area contributed by atoms with Crippen LogP contribution < -0.4 is 14.5 Å². The van der Waals surface area contributed by atoms with Crippen molar-refractivity contribution in [1.82, 2.24) is 9.97 Å². The molecule has 0 unspecified atom stereocenters. The first-order valence-electron chi connectivity index (χ1n) is 10.7. The molecule has 0 saturated carbocycles. The fraction of sp³-hybridized carbons (Fsp3) is 0.292. The van der Waals surface area contributed by atoms with E-state index in [1.165, 1.54) is 17.0 Å². The summed E-state index contributed by atoms with van der Waals surface area (Å²) in [5.74, 6) is 0.159. The summed E-state index contributed by atoms with van der Waals surface area (Å²) >= 11 is 5.59. The molecule has 1 aliphatic rings. The molecule has 0 aliphatic carbocycles. The average molecular weight is 516 g/mol. The molecule has 0 spiro atoms. The van der Waals surface area contributed by atoms with Crippen LogP contribution in [0, 0.1) is 18.3 Å². The smallest absolute Gasteiger partial charge is 0.417 e. The van der Waals surface area contributed by atoms with Crippen molar-refractivity contribution in [2.45, 2.75) is 32.5 Å². The summed E-state index contributed by atoms with van der Waals surface area (Å²) in [5.41, 5.74) is -2.03. The van der Waals surface area contributed by atoms with Gasteiger partial charge in [-0.25, -0.2) is 4.98 Å². The van der Waals surface area contributed by atoms with Crippen molar-refractivity contribution in [3.05, 3.63) is 53.3 Å². The van der Waals surface area contributed by atoms with E-state index in [9.17, 15) is 18.0 Å². The zero-order valence-corrected chi connectivity index (χ0v) is 20.2. The molecular weight excluding hydrogens is 495 g/mol. The van der Waals surface area contributed by atoms with Crippen molar-refractivity contribution in [3.8, 4) is 11.9 Å². The minimum absolute atomic E-state index is 0.00982. The van der Waals surface area contributed by atoms with E-state index in [4.69, 9.17) is 27.3 Å². The lowest BCUT2D eigenvalue weighted by Gasteiger charge is -2.29. The summed E-state index contributed by atoms with van der Waals surface area (Å²) in [5, 5.41) is 18.7. The number of benzene rings is 2. The topological polar surface area (TPSA) is 103 Å². The number of nitriles is 1. The number of alkyl halides is 3. The zero-order valence-electron chi connectivity index (χ0n) is 19.4. The van der Waals surface area contributed by atoms with Crippen LogP contribution in [0.2, 0.25) is 0 Å². The fourth-order valence-corrected chi connectivity index (χ4v) is 4.57. The van der Waals surface area contributed by atoms with Gasteiger partial charge in [0.25, 0.3) is 5.91 Å². The summed E-state index contributed by atoms with van der Waals surface area (Å²) in [6.45, 7) is 4.70.